The molecule has 0 amide bonds. The van der Waals surface area contributed by atoms with E-state index in [-0.39, 0.29) is 0 Å². The van der Waals surface area contributed by atoms with Crippen LogP contribution in [0.1, 0.15) is 12.0 Å². The highest BCUT2D eigenvalue weighted by molar-refractivity contribution is 5.83. The Morgan fingerprint density at radius 3 is 2.92 bits per heavy atom. The van der Waals surface area contributed by atoms with Crippen LogP contribution in [-0.4, -0.2) is 73.2 Å². The Morgan fingerprint density at radius 2 is 2.08 bits per heavy atom. The minimum atomic E-state index is 0.608. The lowest BCUT2D eigenvalue weighted by Crippen LogP contribution is -2.46. The van der Waals surface area contributed by atoms with E-state index in [1.54, 1.807) is 0 Å². The molecule has 1 N–H and O–H groups in total. The summed E-state index contributed by atoms with van der Waals surface area (Å²) in [6.07, 6.45) is 3.05. The largest absolute Gasteiger partial charge is 0.379 e. The number of morpholine rings is 1. The zero-order chi connectivity index (χ0) is 17.8. The van der Waals surface area contributed by atoms with Crippen molar-refractivity contribution in [2.24, 2.45) is 4.99 Å². The molecule has 2 saturated heterocycles. The molecule has 1 unspecified atom stereocenters. The monoisotopic (exact) mass is 353 g/mol. The summed E-state index contributed by atoms with van der Waals surface area (Å²) in [6.45, 7) is 6.64. The topological polar surface area (TPSA) is 53.0 Å². The van der Waals surface area contributed by atoms with Crippen molar-refractivity contribution < 1.29 is 4.74 Å². The number of hydrogen-bond acceptors (Lipinski definition) is 4. The average molecular weight is 353 g/mol. The number of likely N-dealkylation sites (tertiary alicyclic amines) is 1. The Labute approximate surface area is 154 Å². The maximum absolute atomic E-state index is 5.48. The number of aliphatic imine (C=N–C) groups is 1. The lowest BCUT2D eigenvalue weighted by atomic mass is 10.1. The lowest BCUT2D eigenvalue weighted by molar-refractivity contribution is 0.0195. The summed E-state index contributed by atoms with van der Waals surface area (Å²) in [5, 5.41) is 4.71. The maximum Gasteiger partial charge on any atom is 0.193 e. The molecule has 2 aliphatic rings. The van der Waals surface area contributed by atoms with Crippen LogP contribution in [0.3, 0.4) is 0 Å². The molecule has 1 aromatic heterocycles. The highest BCUT2D eigenvalue weighted by atomic mass is 16.5. The van der Waals surface area contributed by atoms with E-state index in [2.05, 4.69) is 49.4 Å². The van der Waals surface area contributed by atoms with Crippen molar-refractivity contribution in [2.45, 2.75) is 19.0 Å². The second-order valence-electron chi connectivity index (χ2n) is 6.93. The fraction of sp³-hybridized carbons (Fsp3) is 0.500. The third-order valence-corrected chi connectivity index (χ3v) is 5.39. The van der Waals surface area contributed by atoms with Gasteiger partial charge in [-0.05, 0) is 18.1 Å². The van der Waals surface area contributed by atoms with E-state index in [4.69, 9.17) is 4.74 Å². The van der Waals surface area contributed by atoms with Crippen LogP contribution in [-0.2, 0) is 11.3 Å². The van der Waals surface area contributed by atoms with E-state index in [0.717, 1.165) is 57.4 Å². The van der Waals surface area contributed by atoms with Crippen LogP contribution < -0.4 is 5.32 Å². The van der Waals surface area contributed by atoms with Crippen LogP contribution in [0.2, 0.25) is 0 Å². The number of ether oxygens (including phenoxy) is 1. The smallest absolute Gasteiger partial charge is 0.193 e. The first kappa shape index (κ1) is 17.2. The SMILES string of the molecule is CN=C(NCc1cccc2cccnc12)N1CCC(N2CCOCC2)C1. The second kappa shape index (κ2) is 8.01. The van der Waals surface area contributed by atoms with E-state index in [1.165, 1.54) is 17.4 Å². The van der Waals surface area contributed by atoms with Crippen molar-refractivity contribution in [3.05, 3.63) is 42.1 Å². The number of hydrogen-bond donors (Lipinski definition) is 1. The second-order valence-corrected chi connectivity index (χ2v) is 6.93. The van der Waals surface area contributed by atoms with E-state index in [9.17, 15) is 0 Å². The van der Waals surface area contributed by atoms with E-state index < -0.39 is 0 Å². The number of fused-ring (bicyclic) bond motifs is 1. The molecule has 2 fully saturated rings. The number of guanidine groups is 1. The molecule has 0 saturated carbocycles. The number of aromatic nitrogens is 1. The van der Waals surface area contributed by atoms with Crippen LogP contribution >= 0.6 is 0 Å². The Bertz CT molecular complexity index is 766. The molecule has 2 aliphatic heterocycles. The first-order chi connectivity index (χ1) is 12.8. The molecule has 0 radical (unpaired) electrons. The van der Waals surface area contributed by atoms with Crippen LogP contribution in [0, 0.1) is 0 Å². The van der Waals surface area contributed by atoms with Gasteiger partial charge in [-0.15, -0.1) is 0 Å². The van der Waals surface area contributed by atoms with E-state index in [0.29, 0.717) is 6.04 Å². The van der Waals surface area contributed by atoms with Crippen LogP contribution in [0.5, 0.6) is 0 Å². The van der Waals surface area contributed by atoms with Crippen LogP contribution in [0.15, 0.2) is 41.5 Å². The number of pyridine rings is 1. The fourth-order valence-electron chi connectivity index (χ4n) is 3.99. The van der Waals surface area contributed by atoms with E-state index in [1.807, 2.05) is 19.3 Å². The van der Waals surface area contributed by atoms with Gasteiger partial charge in [0.1, 0.15) is 0 Å². The normalized spacial score (nSPS) is 22.1. The van der Waals surface area contributed by atoms with Gasteiger partial charge in [0.05, 0.1) is 18.7 Å². The van der Waals surface area contributed by atoms with E-state index >= 15 is 0 Å². The summed E-state index contributed by atoms with van der Waals surface area (Å²) >= 11 is 0. The minimum absolute atomic E-state index is 0.608. The highest BCUT2D eigenvalue weighted by Gasteiger charge is 2.30. The van der Waals surface area contributed by atoms with Crippen molar-refractivity contribution >= 4 is 16.9 Å². The molecule has 0 bridgehead atoms. The first-order valence-electron chi connectivity index (χ1n) is 9.45. The zero-order valence-electron chi connectivity index (χ0n) is 15.4. The summed E-state index contributed by atoms with van der Waals surface area (Å²) in [6, 6.07) is 11.0. The Kier molecular flexibility index (Phi) is 5.32. The molecule has 4 rings (SSSR count). The maximum atomic E-state index is 5.48. The van der Waals surface area contributed by atoms with Crippen molar-refractivity contribution in [2.75, 3.05) is 46.4 Å². The Hall–Kier alpha value is -2.18. The summed E-state index contributed by atoms with van der Waals surface area (Å²) in [7, 11) is 1.87. The molecular formula is C20H27N5O. The zero-order valence-corrected chi connectivity index (χ0v) is 15.4. The minimum Gasteiger partial charge on any atom is -0.379 e. The Morgan fingerprint density at radius 1 is 1.23 bits per heavy atom. The number of para-hydroxylation sites is 1. The van der Waals surface area contributed by atoms with Gasteiger partial charge in [-0.25, -0.2) is 0 Å². The molecule has 26 heavy (non-hydrogen) atoms. The Balaban J connectivity index is 1.39. The van der Waals surface area contributed by atoms with Gasteiger partial charge in [-0.2, -0.15) is 0 Å². The van der Waals surface area contributed by atoms with Gasteiger partial charge in [0.2, 0.25) is 0 Å². The molecule has 3 heterocycles. The third-order valence-electron chi connectivity index (χ3n) is 5.39. The molecule has 6 heteroatoms. The van der Waals surface area contributed by atoms with Crippen molar-refractivity contribution in [1.82, 2.24) is 20.1 Å². The standard InChI is InChI=1S/C20H27N5O/c1-21-20(25-9-7-18(15-25)24-10-12-26-13-11-24)23-14-17-5-2-4-16-6-3-8-22-19(16)17/h2-6,8,18H,7,9-15H2,1H3,(H,21,23). The number of benzene rings is 1. The summed E-state index contributed by atoms with van der Waals surface area (Å²) in [5.41, 5.74) is 2.26. The van der Waals surface area contributed by atoms with Gasteiger partial charge >= 0.3 is 0 Å². The van der Waals surface area contributed by atoms with Crippen molar-refractivity contribution in [1.29, 1.82) is 0 Å². The molecule has 138 valence electrons. The van der Waals surface area contributed by atoms with Crippen LogP contribution in [0.25, 0.3) is 10.9 Å². The first-order valence-corrected chi connectivity index (χ1v) is 9.45. The highest BCUT2D eigenvalue weighted by Crippen LogP contribution is 2.18. The predicted octanol–water partition coefficient (Wildman–Crippen LogP) is 1.72. The molecule has 1 aromatic carbocycles. The molecule has 2 aromatic rings. The number of nitrogens with zero attached hydrogens (tertiary/aromatic N) is 4. The number of rotatable bonds is 3. The van der Waals surface area contributed by atoms with Gasteiger partial charge in [0.15, 0.2) is 5.96 Å². The summed E-state index contributed by atoms with van der Waals surface area (Å²) in [5.74, 6) is 0.980. The van der Waals surface area contributed by atoms with Crippen molar-refractivity contribution in [3.8, 4) is 0 Å². The summed E-state index contributed by atoms with van der Waals surface area (Å²) in [4.78, 5) is 14.0. The molecular weight excluding hydrogens is 326 g/mol. The van der Waals surface area contributed by atoms with Gasteiger partial charge in [-0.1, -0.05) is 24.3 Å². The van der Waals surface area contributed by atoms with Crippen molar-refractivity contribution in [3.63, 3.8) is 0 Å². The predicted molar refractivity (Wildman–Crippen MR) is 104 cm³/mol. The quantitative estimate of drug-likeness (QED) is 0.673. The molecule has 6 nitrogen and oxygen atoms in total. The van der Waals surface area contributed by atoms with Gasteiger partial charge in [0, 0.05) is 57.4 Å². The van der Waals surface area contributed by atoms with Crippen LogP contribution in [0.4, 0.5) is 0 Å². The van der Waals surface area contributed by atoms with Gasteiger partial charge in [-0.3, -0.25) is 14.9 Å². The average Bonchev–Trinajstić information content (AvgIpc) is 3.19. The molecule has 1 atom stereocenters. The lowest BCUT2D eigenvalue weighted by Gasteiger charge is -2.32. The van der Waals surface area contributed by atoms with Gasteiger partial charge < -0.3 is 15.0 Å². The summed E-state index contributed by atoms with van der Waals surface area (Å²) < 4.78 is 5.48. The molecule has 0 spiro atoms. The third kappa shape index (κ3) is 3.66. The van der Waals surface area contributed by atoms with Gasteiger partial charge in [0.25, 0.3) is 0 Å². The number of nitrogens with one attached hydrogen (secondary N) is 1. The molecule has 0 aliphatic carbocycles. The fourth-order valence-corrected chi connectivity index (χ4v) is 3.99.